The maximum Gasteiger partial charge on any atom is 0.225 e. The summed E-state index contributed by atoms with van der Waals surface area (Å²) < 4.78 is 15.0. The summed E-state index contributed by atoms with van der Waals surface area (Å²) in [6.07, 6.45) is 3.44. The molecule has 0 bridgehead atoms. The maximum atomic E-state index is 14.8. The standard InChI is InChI=1S/C17H22BrClFN5/c1-24(2)9-6-21-17-22-15-11(10-12(19)13(18)14(15)20)16(23-17)25-7-4-3-5-8-25/h10H,3-9H2,1-2H3,(H,21,22,23). The largest absolute Gasteiger partial charge is 0.356 e. The number of benzene rings is 1. The lowest BCUT2D eigenvalue weighted by Crippen LogP contribution is -2.31. The van der Waals surface area contributed by atoms with Crippen LogP contribution in [0.25, 0.3) is 10.9 Å². The number of piperidine rings is 1. The summed E-state index contributed by atoms with van der Waals surface area (Å²) in [7, 11) is 4.00. The lowest BCUT2D eigenvalue weighted by Gasteiger charge is -2.29. The molecule has 0 unspecified atom stereocenters. The highest BCUT2D eigenvalue weighted by Crippen LogP contribution is 2.36. The molecule has 1 aromatic carbocycles. The Bertz CT molecular complexity index is 765. The van der Waals surface area contributed by atoms with Gasteiger partial charge in [0.15, 0.2) is 5.82 Å². The minimum absolute atomic E-state index is 0.240. The molecule has 0 amide bonds. The van der Waals surface area contributed by atoms with Crippen LogP contribution in [0, 0.1) is 5.82 Å². The van der Waals surface area contributed by atoms with Crippen molar-refractivity contribution >= 4 is 50.2 Å². The van der Waals surface area contributed by atoms with Crippen molar-refractivity contribution in [1.82, 2.24) is 14.9 Å². The molecule has 8 heteroatoms. The lowest BCUT2D eigenvalue weighted by atomic mass is 10.1. The average Bonchev–Trinajstić information content (AvgIpc) is 2.60. The lowest BCUT2D eigenvalue weighted by molar-refractivity contribution is 0.425. The van der Waals surface area contributed by atoms with Crippen LogP contribution >= 0.6 is 27.5 Å². The molecule has 2 aromatic rings. The van der Waals surface area contributed by atoms with Crippen molar-refractivity contribution in [2.75, 3.05) is 50.5 Å². The van der Waals surface area contributed by atoms with Crippen LogP contribution in [0.4, 0.5) is 16.2 Å². The summed E-state index contributed by atoms with van der Waals surface area (Å²) in [5, 5.41) is 4.20. The fourth-order valence-electron chi connectivity index (χ4n) is 2.97. The van der Waals surface area contributed by atoms with Gasteiger partial charge in [0.2, 0.25) is 5.95 Å². The Kier molecular flexibility index (Phi) is 5.96. The van der Waals surface area contributed by atoms with Gasteiger partial charge in [-0.2, -0.15) is 4.98 Å². The van der Waals surface area contributed by atoms with Crippen molar-refractivity contribution in [2.24, 2.45) is 0 Å². The molecule has 0 radical (unpaired) electrons. The third-order valence-corrected chi connectivity index (χ3v) is 5.61. The Hall–Kier alpha value is -1.18. The van der Waals surface area contributed by atoms with E-state index in [-0.39, 0.29) is 4.47 Å². The topological polar surface area (TPSA) is 44.3 Å². The van der Waals surface area contributed by atoms with Gasteiger partial charge in [0.25, 0.3) is 0 Å². The van der Waals surface area contributed by atoms with Crippen molar-refractivity contribution in [3.05, 3.63) is 21.4 Å². The first-order chi connectivity index (χ1) is 12.0. The molecule has 3 rings (SSSR count). The van der Waals surface area contributed by atoms with Crippen molar-refractivity contribution in [3.63, 3.8) is 0 Å². The van der Waals surface area contributed by atoms with Crippen LogP contribution < -0.4 is 10.2 Å². The van der Waals surface area contributed by atoms with Crippen LogP contribution in [0.5, 0.6) is 0 Å². The van der Waals surface area contributed by atoms with Crippen molar-refractivity contribution < 1.29 is 4.39 Å². The Morgan fingerprint density at radius 3 is 2.68 bits per heavy atom. The highest BCUT2D eigenvalue weighted by molar-refractivity contribution is 9.10. The maximum absolute atomic E-state index is 14.8. The van der Waals surface area contributed by atoms with Crippen LogP contribution in [0.2, 0.25) is 5.02 Å². The van der Waals surface area contributed by atoms with Gasteiger partial charge in [-0.05, 0) is 55.4 Å². The molecule has 1 fully saturated rings. The zero-order valence-corrected chi connectivity index (χ0v) is 16.8. The van der Waals surface area contributed by atoms with Gasteiger partial charge < -0.3 is 15.1 Å². The van der Waals surface area contributed by atoms with E-state index in [1.165, 1.54) is 6.42 Å². The van der Waals surface area contributed by atoms with E-state index in [1.807, 2.05) is 14.1 Å². The van der Waals surface area contributed by atoms with E-state index < -0.39 is 5.82 Å². The first-order valence-corrected chi connectivity index (χ1v) is 9.63. The van der Waals surface area contributed by atoms with Crippen LogP contribution in [0.1, 0.15) is 19.3 Å². The van der Waals surface area contributed by atoms with Crippen molar-refractivity contribution in [1.29, 1.82) is 0 Å². The number of likely N-dealkylation sites (N-methyl/N-ethyl adjacent to an activating group) is 1. The number of hydrogen-bond donors (Lipinski definition) is 1. The average molecular weight is 431 g/mol. The number of nitrogens with zero attached hydrogens (tertiary/aromatic N) is 4. The van der Waals surface area contributed by atoms with E-state index in [0.717, 1.165) is 38.3 Å². The number of hydrogen-bond acceptors (Lipinski definition) is 5. The van der Waals surface area contributed by atoms with E-state index in [1.54, 1.807) is 6.07 Å². The molecule has 5 nitrogen and oxygen atoms in total. The van der Waals surface area contributed by atoms with Gasteiger partial charge >= 0.3 is 0 Å². The minimum atomic E-state index is -0.446. The number of nitrogens with one attached hydrogen (secondary N) is 1. The number of halogens is 3. The van der Waals surface area contributed by atoms with E-state index >= 15 is 0 Å². The molecule has 1 aromatic heterocycles. The van der Waals surface area contributed by atoms with Crippen LogP contribution in [-0.4, -0.2) is 55.1 Å². The molecule has 0 saturated carbocycles. The van der Waals surface area contributed by atoms with E-state index in [2.05, 4.69) is 41.0 Å². The van der Waals surface area contributed by atoms with E-state index in [4.69, 9.17) is 11.6 Å². The third kappa shape index (κ3) is 4.15. The van der Waals surface area contributed by atoms with Crippen molar-refractivity contribution in [3.8, 4) is 0 Å². The van der Waals surface area contributed by atoms with Gasteiger partial charge in [-0.25, -0.2) is 9.37 Å². The highest BCUT2D eigenvalue weighted by Gasteiger charge is 2.21. The summed E-state index contributed by atoms with van der Waals surface area (Å²) in [6, 6.07) is 1.75. The second-order valence-corrected chi connectivity index (χ2v) is 7.73. The fraction of sp³-hybridized carbons (Fsp3) is 0.529. The number of anilines is 2. The van der Waals surface area contributed by atoms with Crippen LogP contribution in [0.3, 0.4) is 0 Å². The van der Waals surface area contributed by atoms with E-state index in [9.17, 15) is 4.39 Å². The summed E-state index contributed by atoms with van der Waals surface area (Å²) in [5.74, 6) is 0.757. The second kappa shape index (κ2) is 8.01. The van der Waals surface area contributed by atoms with Crippen molar-refractivity contribution in [2.45, 2.75) is 19.3 Å². The zero-order valence-electron chi connectivity index (χ0n) is 14.4. The predicted octanol–water partition coefficient (Wildman–Crippen LogP) is 4.15. The zero-order chi connectivity index (χ0) is 18.0. The normalized spacial score (nSPS) is 15.2. The molecule has 1 saturated heterocycles. The SMILES string of the molecule is CN(C)CCNc1nc(N2CCCCC2)c2cc(Cl)c(Br)c(F)c2n1. The summed E-state index contributed by atoms with van der Waals surface area (Å²) in [4.78, 5) is 13.3. The fourth-order valence-corrected chi connectivity index (χ4v) is 3.47. The molecule has 2 heterocycles. The molecule has 1 N–H and O–H groups in total. The van der Waals surface area contributed by atoms with Crippen LogP contribution in [0.15, 0.2) is 10.5 Å². The molecule has 25 heavy (non-hydrogen) atoms. The van der Waals surface area contributed by atoms with Gasteiger partial charge in [0.1, 0.15) is 11.3 Å². The highest BCUT2D eigenvalue weighted by atomic mass is 79.9. The molecule has 136 valence electrons. The Morgan fingerprint density at radius 2 is 2.00 bits per heavy atom. The Labute approximate surface area is 160 Å². The molecule has 1 aliphatic rings. The minimum Gasteiger partial charge on any atom is -0.356 e. The first kappa shape index (κ1) is 18.6. The molecule has 0 aliphatic carbocycles. The molecule has 0 spiro atoms. The molecular formula is C17H22BrClFN5. The first-order valence-electron chi connectivity index (χ1n) is 8.46. The number of fused-ring (bicyclic) bond motifs is 1. The van der Waals surface area contributed by atoms with Gasteiger partial charge in [-0.15, -0.1) is 0 Å². The van der Waals surface area contributed by atoms with Gasteiger partial charge in [0, 0.05) is 31.6 Å². The summed E-state index contributed by atoms with van der Waals surface area (Å²) in [6.45, 7) is 3.36. The Balaban J connectivity index is 2.06. The Morgan fingerprint density at radius 1 is 1.28 bits per heavy atom. The number of rotatable bonds is 5. The van der Waals surface area contributed by atoms with Gasteiger partial charge in [-0.3, -0.25) is 0 Å². The second-order valence-electron chi connectivity index (χ2n) is 6.53. The van der Waals surface area contributed by atoms with E-state index in [0.29, 0.717) is 28.4 Å². The van der Waals surface area contributed by atoms with Gasteiger partial charge in [0.05, 0.1) is 9.50 Å². The number of aromatic nitrogens is 2. The molecule has 1 aliphatic heterocycles. The molecule has 0 atom stereocenters. The third-order valence-electron chi connectivity index (χ3n) is 4.30. The monoisotopic (exact) mass is 429 g/mol. The predicted molar refractivity (Wildman–Crippen MR) is 105 cm³/mol. The quantitative estimate of drug-likeness (QED) is 0.722. The smallest absolute Gasteiger partial charge is 0.225 e. The van der Waals surface area contributed by atoms with Crippen LogP contribution in [-0.2, 0) is 0 Å². The molecular weight excluding hydrogens is 409 g/mol. The summed E-state index contributed by atoms with van der Waals surface area (Å²) >= 11 is 9.39. The summed E-state index contributed by atoms with van der Waals surface area (Å²) in [5.41, 5.74) is 0.291. The van der Waals surface area contributed by atoms with Gasteiger partial charge in [-0.1, -0.05) is 11.6 Å².